The number of rotatable bonds is 4. The summed E-state index contributed by atoms with van der Waals surface area (Å²) in [5.41, 5.74) is -0.475. The van der Waals surface area contributed by atoms with Crippen LogP contribution in [0.5, 0.6) is 0 Å². The van der Waals surface area contributed by atoms with Gasteiger partial charge in [0.2, 0.25) is 5.91 Å². The van der Waals surface area contributed by atoms with Crippen molar-refractivity contribution in [3.8, 4) is 0 Å². The van der Waals surface area contributed by atoms with E-state index in [0.29, 0.717) is 31.5 Å². The molecule has 2 aromatic rings. The van der Waals surface area contributed by atoms with Gasteiger partial charge >= 0.3 is 6.18 Å². The summed E-state index contributed by atoms with van der Waals surface area (Å²) in [5, 5.41) is 2.69. The molecule has 1 aromatic heterocycles. The molecule has 162 valence electrons. The molecule has 1 atom stereocenters. The predicted octanol–water partition coefficient (Wildman–Crippen LogP) is 5.13. The zero-order valence-electron chi connectivity index (χ0n) is 15.9. The zero-order valence-corrected chi connectivity index (χ0v) is 16.7. The number of carbonyl (C=O) groups is 1. The number of alkyl halides is 3. The molecule has 10 heteroatoms. The molecule has 4 nitrogen and oxygen atoms in total. The molecule has 0 aliphatic carbocycles. The molecule has 1 fully saturated rings. The largest absolute Gasteiger partial charge is 0.417 e. The topological polar surface area (TPSA) is 45.2 Å². The van der Waals surface area contributed by atoms with Crippen molar-refractivity contribution in [3.05, 3.63) is 58.2 Å². The minimum absolute atomic E-state index is 0.0975. The number of nitrogens with one attached hydrogen (secondary N) is 1. The number of halogens is 6. The Kier molecular flexibility index (Phi) is 6.50. The number of hydrogen-bond acceptors (Lipinski definition) is 3. The molecule has 0 radical (unpaired) electrons. The van der Waals surface area contributed by atoms with Gasteiger partial charge in [0.1, 0.15) is 5.82 Å². The van der Waals surface area contributed by atoms with E-state index in [1.165, 1.54) is 6.07 Å². The summed E-state index contributed by atoms with van der Waals surface area (Å²) in [6, 6.07) is 3.79. The third kappa shape index (κ3) is 5.00. The predicted molar refractivity (Wildman–Crippen MR) is 102 cm³/mol. The maximum Gasteiger partial charge on any atom is 0.417 e. The van der Waals surface area contributed by atoms with Crippen LogP contribution in [-0.4, -0.2) is 24.0 Å². The van der Waals surface area contributed by atoms with E-state index in [9.17, 15) is 26.7 Å². The van der Waals surface area contributed by atoms with E-state index >= 15 is 0 Å². The Morgan fingerprint density at radius 1 is 1.20 bits per heavy atom. The number of carbonyl (C=O) groups excluding carboxylic acids is 1. The van der Waals surface area contributed by atoms with Crippen molar-refractivity contribution in [2.75, 3.05) is 18.0 Å². The molecule has 30 heavy (non-hydrogen) atoms. The quantitative estimate of drug-likeness (QED) is 0.661. The van der Waals surface area contributed by atoms with Crippen LogP contribution in [0.3, 0.4) is 0 Å². The summed E-state index contributed by atoms with van der Waals surface area (Å²) < 4.78 is 64.7. The van der Waals surface area contributed by atoms with Crippen molar-refractivity contribution >= 4 is 23.3 Å². The van der Waals surface area contributed by atoms with E-state index in [2.05, 4.69) is 10.3 Å². The SMILES string of the molecule is C[C@@H](NC(=O)C1CCN(c2ncc(C(F)(F)F)cc2Cl)CC1)c1ccc(F)c(F)c1. The first-order valence-electron chi connectivity index (χ1n) is 9.29. The summed E-state index contributed by atoms with van der Waals surface area (Å²) in [4.78, 5) is 18.1. The van der Waals surface area contributed by atoms with E-state index in [1.54, 1.807) is 11.8 Å². The van der Waals surface area contributed by atoms with Crippen molar-refractivity contribution in [3.63, 3.8) is 0 Å². The second-order valence-corrected chi connectivity index (χ2v) is 7.60. The number of benzene rings is 1. The minimum atomic E-state index is -4.52. The Labute approximate surface area is 175 Å². The number of amides is 1. The van der Waals surface area contributed by atoms with Gasteiger partial charge < -0.3 is 10.2 Å². The van der Waals surface area contributed by atoms with Gasteiger partial charge in [0.25, 0.3) is 0 Å². The van der Waals surface area contributed by atoms with Crippen LogP contribution in [0.25, 0.3) is 0 Å². The number of anilines is 1. The van der Waals surface area contributed by atoms with E-state index < -0.39 is 29.4 Å². The minimum Gasteiger partial charge on any atom is -0.355 e. The first-order valence-corrected chi connectivity index (χ1v) is 9.67. The summed E-state index contributed by atoms with van der Waals surface area (Å²) in [6.45, 7) is 2.47. The van der Waals surface area contributed by atoms with Crippen molar-refractivity contribution in [1.82, 2.24) is 10.3 Å². The summed E-state index contributed by atoms with van der Waals surface area (Å²) in [7, 11) is 0. The molecular weight excluding hydrogens is 429 g/mol. The molecule has 1 amide bonds. The normalized spacial score (nSPS) is 16.4. The molecule has 1 N–H and O–H groups in total. The highest BCUT2D eigenvalue weighted by molar-refractivity contribution is 6.33. The lowest BCUT2D eigenvalue weighted by Gasteiger charge is -2.33. The van der Waals surface area contributed by atoms with Gasteiger partial charge in [0.15, 0.2) is 11.6 Å². The fourth-order valence-electron chi connectivity index (χ4n) is 3.37. The van der Waals surface area contributed by atoms with Gasteiger partial charge in [-0.1, -0.05) is 17.7 Å². The van der Waals surface area contributed by atoms with Gasteiger partial charge in [-0.15, -0.1) is 0 Å². The Bertz CT molecular complexity index is 929. The summed E-state index contributed by atoms with van der Waals surface area (Å²) >= 11 is 5.99. The van der Waals surface area contributed by atoms with Crippen LogP contribution in [0, 0.1) is 17.6 Å². The van der Waals surface area contributed by atoms with E-state index in [1.807, 2.05) is 0 Å². The van der Waals surface area contributed by atoms with Crippen LogP contribution >= 0.6 is 11.6 Å². The monoisotopic (exact) mass is 447 g/mol. The molecule has 1 aromatic carbocycles. The molecule has 3 rings (SSSR count). The Morgan fingerprint density at radius 2 is 1.87 bits per heavy atom. The Morgan fingerprint density at radius 3 is 2.43 bits per heavy atom. The molecule has 0 spiro atoms. The second-order valence-electron chi connectivity index (χ2n) is 7.19. The van der Waals surface area contributed by atoms with Crippen LogP contribution in [0.1, 0.15) is 36.9 Å². The fourth-order valence-corrected chi connectivity index (χ4v) is 3.65. The molecule has 1 saturated heterocycles. The van der Waals surface area contributed by atoms with E-state index in [0.717, 1.165) is 24.4 Å². The molecule has 0 bridgehead atoms. The van der Waals surface area contributed by atoms with Gasteiger partial charge in [-0.05, 0) is 43.5 Å². The first kappa shape index (κ1) is 22.3. The maximum atomic E-state index is 13.4. The van der Waals surface area contributed by atoms with Crippen LogP contribution in [0.2, 0.25) is 5.02 Å². The average molecular weight is 448 g/mol. The highest BCUT2D eigenvalue weighted by Crippen LogP contribution is 2.34. The Hall–Kier alpha value is -2.42. The standard InChI is InChI=1S/C20H19ClF5N3O/c1-11(13-2-3-16(22)17(23)8-13)28-19(30)12-4-6-29(7-5-12)18-15(21)9-14(10-27-18)20(24,25)26/h2-3,8-12H,4-7H2,1H3,(H,28,30)/t11-/m1/s1. The molecular formula is C20H19ClF5N3O. The third-order valence-electron chi connectivity index (χ3n) is 5.12. The lowest BCUT2D eigenvalue weighted by atomic mass is 9.95. The van der Waals surface area contributed by atoms with Crippen LogP contribution in [0.4, 0.5) is 27.8 Å². The van der Waals surface area contributed by atoms with Crippen molar-refractivity contribution in [2.45, 2.75) is 32.0 Å². The number of pyridine rings is 1. The number of hydrogen-bond donors (Lipinski definition) is 1. The average Bonchev–Trinajstić information content (AvgIpc) is 2.69. The smallest absolute Gasteiger partial charge is 0.355 e. The van der Waals surface area contributed by atoms with Gasteiger partial charge in [-0.3, -0.25) is 4.79 Å². The van der Waals surface area contributed by atoms with Crippen LogP contribution in [-0.2, 0) is 11.0 Å². The van der Waals surface area contributed by atoms with Gasteiger partial charge in [0.05, 0.1) is 16.6 Å². The van der Waals surface area contributed by atoms with Gasteiger partial charge in [0, 0.05) is 25.2 Å². The zero-order chi connectivity index (χ0) is 22.1. The lowest BCUT2D eigenvalue weighted by molar-refractivity contribution is -0.137. The maximum absolute atomic E-state index is 13.4. The van der Waals surface area contributed by atoms with Crippen molar-refractivity contribution in [2.24, 2.45) is 5.92 Å². The highest BCUT2D eigenvalue weighted by Gasteiger charge is 2.33. The number of piperidine rings is 1. The molecule has 0 unspecified atom stereocenters. The highest BCUT2D eigenvalue weighted by atomic mass is 35.5. The third-order valence-corrected chi connectivity index (χ3v) is 5.39. The molecule has 2 heterocycles. The number of nitrogens with zero attached hydrogens (tertiary/aromatic N) is 2. The molecule has 0 saturated carbocycles. The first-order chi connectivity index (χ1) is 14.1. The summed E-state index contributed by atoms with van der Waals surface area (Å²) in [6.07, 6.45) is -2.88. The summed E-state index contributed by atoms with van der Waals surface area (Å²) in [5.74, 6) is -2.23. The lowest BCUT2D eigenvalue weighted by Crippen LogP contribution is -2.41. The fraction of sp³-hybridized carbons (Fsp3) is 0.400. The van der Waals surface area contributed by atoms with E-state index in [4.69, 9.17) is 11.6 Å². The van der Waals surface area contributed by atoms with Gasteiger partial charge in [-0.2, -0.15) is 13.2 Å². The molecule has 1 aliphatic rings. The number of aromatic nitrogens is 1. The van der Waals surface area contributed by atoms with Crippen LogP contribution < -0.4 is 10.2 Å². The molecule has 1 aliphatic heterocycles. The Balaban J connectivity index is 1.58. The van der Waals surface area contributed by atoms with Crippen molar-refractivity contribution in [1.29, 1.82) is 0 Å². The van der Waals surface area contributed by atoms with Gasteiger partial charge in [-0.25, -0.2) is 13.8 Å². The van der Waals surface area contributed by atoms with E-state index in [-0.39, 0.29) is 22.7 Å². The van der Waals surface area contributed by atoms with Crippen LogP contribution in [0.15, 0.2) is 30.5 Å². The second kappa shape index (κ2) is 8.75. The van der Waals surface area contributed by atoms with Crippen molar-refractivity contribution < 1.29 is 26.7 Å².